The van der Waals surface area contributed by atoms with Crippen molar-refractivity contribution >= 4 is 15.7 Å². The minimum Gasteiger partial charge on any atom is -0.489 e. The standard InChI is InChI=1S/C28H26N2O3S/c1-21-11-13-23(14-12-21)20-33-25-17-15-24(16-18-25)28-29-26-9-5-6-10-27(26)34(31,32)30(28)19-22-7-3-2-4-8-22/h2-18,28-29H,19-20H2,1H3/t28-/m1/s1. The van der Waals surface area contributed by atoms with Crippen molar-refractivity contribution in [1.82, 2.24) is 4.31 Å². The molecule has 4 aromatic carbocycles. The van der Waals surface area contributed by atoms with E-state index in [2.05, 4.69) is 36.5 Å². The summed E-state index contributed by atoms with van der Waals surface area (Å²) in [6.45, 7) is 2.80. The number of ether oxygens (including phenoxy) is 1. The molecule has 0 aromatic heterocycles. The zero-order valence-corrected chi connectivity index (χ0v) is 19.7. The molecular weight excluding hydrogens is 444 g/mol. The summed E-state index contributed by atoms with van der Waals surface area (Å²) in [7, 11) is -3.70. The molecule has 0 unspecified atom stereocenters. The van der Waals surface area contributed by atoms with E-state index < -0.39 is 16.2 Å². The molecule has 5 nitrogen and oxygen atoms in total. The fraction of sp³-hybridized carbons (Fsp3) is 0.143. The van der Waals surface area contributed by atoms with E-state index in [1.807, 2.05) is 60.7 Å². The van der Waals surface area contributed by atoms with Gasteiger partial charge < -0.3 is 10.1 Å². The highest BCUT2D eigenvalue weighted by Gasteiger charge is 2.38. The molecule has 5 rings (SSSR count). The second-order valence-electron chi connectivity index (χ2n) is 8.42. The minimum absolute atomic E-state index is 0.265. The van der Waals surface area contributed by atoms with E-state index in [0.29, 0.717) is 17.2 Å². The van der Waals surface area contributed by atoms with E-state index in [-0.39, 0.29) is 6.54 Å². The van der Waals surface area contributed by atoms with Crippen LogP contribution in [-0.2, 0) is 23.2 Å². The van der Waals surface area contributed by atoms with Gasteiger partial charge in [-0.15, -0.1) is 0 Å². The van der Waals surface area contributed by atoms with Crippen molar-refractivity contribution in [3.63, 3.8) is 0 Å². The molecule has 4 aromatic rings. The van der Waals surface area contributed by atoms with Crippen molar-refractivity contribution in [3.05, 3.63) is 125 Å². The Labute approximate surface area is 200 Å². The molecule has 6 heteroatoms. The van der Waals surface area contributed by atoms with Crippen molar-refractivity contribution in [2.24, 2.45) is 0 Å². The fourth-order valence-corrected chi connectivity index (χ4v) is 5.76. The topological polar surface area (TPSA) is 58.6 Å². The Hall–Kier alpha value is -3.61. The molecule has 1 heterocycles. The second kappa shape index (κ2) is 9.33. The number of benzene rings is 4. The highest BCUT2D eigenvalue weighted by molar-refractivity contribution is 7.89. The van der Waals surface area contributed by atoms with Crippen LogP contribution in [0.25, 0.3) is 0 Å². The molecule has 0 saturated carbocycles. The molecule has 0 fully saturated rings. The van der Waals surface area contributed by atoms with Crippen molar-refractivity contribution in [2.75, 3.05) is 5.32 Å². The number of aryl methyl sites for hydroxylation is 1. The van der Waals surface area contributed by atoms with Crippen LogP contribution >= 0.6 is 0 Å². The molecule has 1 aliphatic heterocycles. The molecule has 0 radical (unpaired) electrons. The first kappa shape index (κ1) is 22.2. The van der Waals surface area contributed by atoms with E-state index in [9.17, 15) is 8.42 Å². The molecule has 34 heavy (non-hydrogen) atoms. The van der Waals surface area contributed by atoms with Crippen LogP contribution in [0.3, 0.4) is 0 Å². The van der Waals surface area contributed by atoms with E-state index in [4.69, 9.17) is 4.74 Å². The van der Waals surface area contributed by atoms with Crippen LogP contribution in [0.2, 0.25) is 0 Å². The number of anilines is 1. The fourth-order valence-electron chi connectivity index (χ4n) is 4.08. The molecule has 0 bridgehead atoms. The maximum Gasteiger partial charge on any atom is 0.247 e. The zero-order valence-electron chi connectivity index (χ0n) is 18.9. The molecule has 0 amide bonds. The third kappa shape index (κ3) is 4.55. The van der Waals surface area contributed by atoms with Crippen LogP contribution in [-0.4, -0.2) is 12.7 Å². The Kier molecular flexibility index (Phi) is 6.09. The summed E-state index contributed by atoms with van der Waals surface area (Å²) in [4.78, 5) is 0.292. The molecule has 1 N–H and O–H groups in total. The first-order valence-corrected chi connectivity index (χ1v) is 12.6. The monoisotopic (exact) mass is 470 g/mol. The first-order chi connectivity index (χ1) is 16.5. The van der Waals surface area contributed by atoms with E-state index in [0.717, 1.165) is 22.4 Å². The summed E-state index contributed by atoms with van der Waals surface area (Å²) in [6.07, 6.45) is -0.536. The third-order valence-electron chi connectivity index (χ3n) is 5.96. The Morgan fingerprint density at radius 3 is 2.21 bits per heavy atom. The highest BCUT2D eigenvalue weighted by atomic mass is 32.2. The maximum absolute atomic E-state index is 13.6. The average Bonchev–Trinajstić information content (AvgIpc) is 2.86. The number of nitrogens with zero attached hydrogens (tertiary/aromatic N) is 1. The first-order valence-electron chi connectivity index (χ1n) is 11.2. The average molecular weight is 471 g/mol. The van der Waals surface area contributed by atoms with Crippen LogP contribution in [0, 0.1) is 6.92 Å². The Balaban J connectivity index is 1.42. The number of rotatable bonds is 6. The SMILES string of the molecule is Cc1ccc(COc2ccc([C@@H]3Nc4ccccc4S(=O)(=O)N3Cc3ccccc3)cc2)cc1. The summed E-state index contributed by atoms with van der Waals surface area (Å²) in [5.74, 6) is 0.734. The predicted molar refractivity (Wildman–Crippen MR) is 134 cm³/mol. The maximum atomic E-state index is 13.6. The lowest BCUT2D eigenvalue weighted by atomic mass is 10.1. The Morgan fingerprint density at radius 1 is 0.794 bits per heavy atom. The van der Waals surface area contributed by atoms with Crippen molar-refractivity contribution in [3.8, 4) is 5.75 Å². The van der Waals surface area contributed by atoms with Gasteiger partial charge in [0.2, 0.25) is 10.0 Å². The number of sulfonamides is 1. The van der Waals surface area contributed by atoms with Gasteiger partial charge in [-0.2, -0.15) is 4.31 Å². The van der Waals surface area contributed by atoms with Gasteiger partial charge in [0.1, 0.15) is 23.4 Å². The Morgan fingerprint density at radius 2 is 1.47 bits per heavy atom. The number of hydrogen-bond donors (Lipinski definition) is 1. The number of para-hydroxylation sites is 1. The quantitative estimate of drug-likeness (QED) is 0.382. The third-order valence-corrected chi connectivity index (χ3v) is 7.83. The molecular formula is C28H26N2O3S. The van der Waals surface area contributed by atoms with Gasteiger partial charge >= 0.3 is 0 Å². The lowest BCUT2D eigenvalue weighted by molar-refractivity contribution is 0.305. The minimum atomic E-state index is -3.70. The smallest absolute Gasteiger partial charge is 0.247 e. The number of nitrogens with one attached hydrogen (secondary N) is 1. The second-order valence-corrected chi connectivity index (χ2v) is 10.3. The molecule has 1 aliphatic rings. The predicted octanol–water partition coefficient (Wildman–Crippen LogP) is 5.89. The molecule has 0 aliphatic carbocycles. The highest BCUT2D eigenvalue weighted by Crippen LogP contribution is 2.39. The van der Waals surface area contributed by atoms with Crippen LogP contribution in [0.5, 0.6) is 5.75 Å². The number of fused-ring (bicyclic) bond motifs is 1. The largest absolute Gasteiger partial charge is 0.489 e. The summed E-state index contributed by atoms with van der Waals surface area (Å²) >= 11 is 0. The van der Waals surface area contributed by atoms with Gasteiger partial charge in [0, 0.05) is 6.54 Å². The van der Waals surface area contributed by atoms with Crippen molar-refractivity contribution < 1.29 is 13.2 Å². The molecule has 0 saturated heterocycles. The van der Waals surface area contributed by atoms with E-state index >= 15 is 0 Å². The lowest BCUT2D eigenvalue weighted by Crippen LogP contribution is -2.42. The lowest BCUT2D eigenvalue weighted by Gasteiger charge is -2.37. The van der Waals surface area contributed by atoms with E-state index in [1.54, 1.807) is 18.2 Å². The summed E-state index contributed by atoms with van der Waals surface area (Å²) < 4.78 is 34.7. The zero-order chi connectivity index (χ0) is 23.5. The summed E-state index contributed by atoms with van der Waals surface area (Å²) in [6, 6.07) is 32.5. The van der Waals surface area contributed by atoms with Gasteiger partial charge in [-0.3, -0.25) is 0 Å². The van der Waals surface area contributed by atoms with Gasteiger partial charge in [-0.25, -0.2) is 8.42 Å². The molecule has 172 valence electrons. The van der Waals surface area contributed by atoms with Crippen molar-refractivity contribution in [1.29, 1.82) is 0 Å². The normalized spacial score (nSPS) is 16.9. The molecule has 0 spiro atoms. The van der Waals surface area contributed by atoms with Gasteiger partial charge in [0.05, 0.1) is 5.69 Å². The summed E-state index contributed by atoms with van der Waals surface area (Å²) in [5.41, 5.74) is 4.69. The van der Waals surface area contributed by atoms with Crippen LogP contribution in [0.4, 0.5) is 5.69 Å². The molecule has 1 atom stereocenters. The van der Waals surface area contributed by atoms with Gasteiger partial charge in [-0.1, -0.05) is 84.4 Å². The summed E-state index contributed by atoms with van der Waals surface area (Å²) in [5, 5.41) is 3.43. The van der Waals surface area contributed by atoms with Crippen LogP contribution in [0.15, 0.2) is 108 Å². The van der Waals surface area contributed by atoms with Crippen LogP contribution in [0.1, 0.15) is 28.4 Å². The Bertz CT molecular complexity index is 1370. The van der Waals surface area contributed by atoms with Gasteiger partial charge in [0.15, 0.2) is 0 Å². The van der Waals surface area contributed by atoms with E-state index in [1.165, 1.54) is 9.87 Å². The van der Waals surface area contributed by atoms with Crippen LogP contribution < -0.4 is 10.1 Å². The number of hydrogen-bond acceptors (Lipinski definition) is 4. The van der Waals surface area contributed by atoms with Gasteiger partial charge in [0.25, 0.3) is 0 Å². The van der Waals surface area contributed by atoms with Crippen molar-refractivity contribution in [2.45, 2.75) is 31.1 Å². The van der Waals surface area contributed by atoms with Gasteiger partial charge in [-0.05, 0) is 47.9 Å².